The van der Waals surface area contributed by atoms with Crippen LogP contribution in [0, 0.1) is 0 Å². The van der Waals surface area contributed by atoms with Gasteiger partial charge in [0.25, 0.3) is 10.0 Å². The third-order valence-electron chi connectivity index (χ3n) is 3.45. The lowest BCUT2D eigenvalue weighted by Crippen LogP contribution is -2.43. The number of nitrogens with one attached hydrogen (secondary N) is 1. The van der Waals surface area contributed by atoms with E-state index < -0.39 is 16.0 Å². The van der Waals surface area contributed by atoms with E-state index in [-0.39, 0.29) is 16.6 Å². The summed E-state index contributed by atoms with van der Waals surface area (Å²) in [4.78, 5) is 11.0. The van der Waals surface area contributed by atoms with E-state index in [1.807, 2.05) is 6.92 Å². The van der Waals surface area contributed by atoms with Gasteiger partial charge in [0.1, 0.15) is 5.56 Å². The van der Waals surface area contributed by atoms with Crippen molar-refractivity contribution in [1.29, 1.82) is 0 Å². The zero-order chi connectivity index (χ0) is 14.0. The minimum absolute atomic E-state index is 0.0660. The number of hydrogen-bond donors (Lipinski definition) is 2. The number of nitrogens with zero attached hydrogens (tertiary/aromatic N) is 2. The number of H-pyrrole nitrogens is 1. The van der Waals surface area contributed by atoms with E-state index in [2.05, 4.69) is 10.2 Å². The number of sulfonamides is 1. The number of aromatic nitrogens is 2. The molecule has 0 aromatic carbocycles. The first-order valence-corrected chi connectivity index (χ1v) is 7.71. The molecule has 106 valence electrons. The number of hydrogen-bond acceptors (Lipinski definition) is 4. The molecule has 1 atom stereocenters. The summed E-state index contributed by atoms with van der Waals surface area (Å²) in [7, 11) is -3.82. The number of rotatable bonds is 4. The van der Waals surface area contributed by atoms with E-state index in [0.29, 0.717) is 6.54 Å². The minimum Gasteiger partial charge on any atom is -0.478 e. The molecule has 1 fully saturated rings. The van der Waals surface area contributed by atoms with E-state index in [4.69, 9.17) is 5.11 Å². The molecule has 0 amide bonds. The van der Waals surface area contributed by atoms with Gasteiger partial charge in [-0.2, -0.15) is 9.40 Å². The molecule has 2 heterocycles. The van der Waals surface area contributed by atoms with Gasteiger partial charge in [0.15, 0.2) is 5.03 Å². The van der Waals surface area contributed by atoms with E-state index in [1.165, 1.54) is 4.31 Å². The lowest BCUT2D eigenvalue weighted by Gasteiger charge is -2.33. The molecule has 19 heavy (non-hydrogen) atoms. The zero-order valence-electron chi connectivity index (χ0n) is 10.7. The average Bonchev–Trinajstić information content (AvgIpc) is 2.88. The van der Waals surface area contributed by atoms with Gasteiger partial charge in [-0.05, 0) is 19.3 Å². The first-order valence-electron chi connectivity index (χ1n) is 6.27. The molecule has 2 N–H and O–H groups in total. The van der Waals surface area contributed by atoms with Crippen molar-refractivity contribution in [2.75, 3.05) is 6.54 Å². The Labute approximate surface area is 111 Å². The second kappa shape index (κ2) is 5.30. The van der Waals surface area contributed by atoms with E-state index >= 15 is 0 Å². The predicted molar refractivity (Wildman–Crippen MR) is 67.4 cm³/mol. The van der Waals surface area contributed by atoms with Crippen molar-refractivity contribution in [2.24, 2.45) is 0 Å². The van der Waals surface area contributed by atoms with Crippen molar-refractivity contribution in [3.63, 3.8) is 0 Å². The van der Waals surface area contributed by atoms with Gasteiger partial charge in [-0.25, -0.2) is 13.2 Å². The summed E-state index contributed by atoms with van der Waals surface area (Å²) in [5.41, 5.74) is -0.305. The van der Waals surface area contributed by atoms with E-state index in [9.17, 15) is 13.2 Å². The van der Waals surface area contributed by atoms with Crippen LogP contribution in [-0.4, -0.2) is 46.6 Å². The number of carbonyl (C=O) groups is 1. The van der Waals surface area contributed by atoms with Crippen LogP contribution in [0.25, 0.3) is 0 Å². The maximum absolute atomic E-state index is 12.5. The number of aromatic carboxylic acids is 1. The maximum atomic E-state index is 12.5. The topological polar surface area (TPSA) is 103 Å². The molecule has 0 radical (unpaired) electrons. The van der Waals surface area contributed by atoms with Crippen LogP contribution >= 0.6 is 0 Å². The van der Waals surface area contributed by atoms with Crippen LogP contribution in [0.3, 0.4) is 0 Å². The third-order valence-corrected chi connectivity index (χ3v) is 5.37. The van der Waals surface area contributed by atoms with E-state index in [1.54, 1.807) is 0 Å². The van der Waals surface area contributed by atoms with Gasteiger partial charge in [0.05, 0.1) is 6.20 Å². The van der Waals surface area contributed by atoms with Crippen LogP contribution in [0.4, 0.5) is 0 Å². The fourth-order valence-electron chi connectivity index (χ4n) is 2.44. The SMILES string of the molecule is CCC1CCCCN1S(=O)(=O)c1[nH]ncc1C(=O)O. The normalized spacial score (nSPS) is 21.4. The summed E-state index contributed by atoms with van der Waals surface area (Å²) < 4.78 is 26.5. The molecule has 0 aliphatic carbocycles. The van der Waals surface area contributed by atoms with Crippen molar-refractivity contribution >= 4 is 16.0 Å². The minimum atomic E-state index is -3.82. The predicted octanol–water partition coefficient (Wildman–Crippen LogP) is 1.06. The van der Waals surface area contributed by atoms with Gasteiger partial charge in [0, 0.05) is 12.6 Å². The van der Waals surface area contributed by atoms with Gasteiger partial charge >= 0.3 is 5.97 Å². The second-order valence-corrected chi connectivity index (χ2v) is 6.42. The van der Waals surface area contributed by atoms with Gasteiger partial charge in [-0.3, -0.25) is 5.10 Å². The Morgan fingerprint density at radius 2 is 2.32 bits per heavy atom. The van der Waals surface area contributed by atoms with Crippen LogP contribution < -0.4 is 0 Å². The Morgan fingerprint density at radius 3 is 2.95 bits per heavy atom. The monoisotopic (exact) mass is 287 g/mol. The first kappa shape index (κ1) is 14.0. The van der Waals surface area contributed by atoms with Crippen LogP contribution in [0.5, 0.6) is 0 Å². The molecule has 0 saturated carbocycles. The van der Waals surface area contributed by atoms with Crippen LogP contribution in [0.1, 0.15) is 43.0 Å². The smallest absolute Gasteiger partial charge is 0.340 e. The highest BCUT2D eigenvalue weighted by Gasteiger charge is 2.36. The maximum Gasteiger partial charge on any atom is 0.340 e. The average molecular weight is 287 g/mol. The number of carboxylic acid groups (broad SMARTS) is 1. The Kier molecular flexibility index (Phi) is 3.91. The lowest BCUT2D eigenvalue weighted by atomic mass is 10.0. The molecule has 7 nitrogen and oxygen atoms in total. The first-order chi connectivity index (χ1) is 8.98. The Bertz CT molecular complexity index is 566. The second-order valence-electron chi connectivity index (χ2n) is 4.59. The van der Waals surface area contributed by atoms with Crippen LogP contribution in [0.15, 0.2) is 11.2 Å². The molecule has 1 aromatic heterocycles. The van der Waals surface area contributed by atoms with Gasteiger partial charge in [0.2, 0.25) is 0 Å². The molecular weight excluding hydrogens is 270 g/mol. The fourth-order valence-corrected chi connectivity index (χ4v) is 4.28. The summed E-state index contributed by atoms with van der Waals surface area (Å²) in [5.74, 6) is -1.29. The molecular formula is C11H17N3O4S. The molecule has 1 unspecified atom stereocenters. The summed E-state index contributed by atoms with van der Waals surface area (Å²) in [6.07, 6.45) is 4.35. The van der Waals surface area contributed by atoms with Gasteiger partial charge < -0.3 is 5.11 Å². The summed E-state index contributed by atoms with van der Waals surface area (Å²) >= 11 is 0. The molecule has 2 rings (SSSR count). The molecule has 1 aliphatic heterocycles. The van der Waals surface area contributed by atoms with Crippen molar-refractivity contribution in [3.8, 4) is 0 Å². The Balaban J connectivity index is 2.41. The summed E-state index contributed by atoms with van der Waals surface area (Å²) in [6.45, 7) is 2.36. The highest BCUT2D eigenvalue weighted by Crippen LogP contribution is 2.27. The molecule has 8 heteroatoms. The molecule has 0 spiro atoms. The Morgan fingerprint density at radius 1 is 1.58 bits per heavy atom. The quantitative estimate of drug-likeness (QED) is 0.861. The highest BCUT2D eigenvalue weighted by atomic mass is 32.2. The van der Waals surface area contributed by atoms with Crippen molar-refractivity contribution in [3.05, 3.63) is 11.8 Å². The van der Waals surface area contributed by atoms with Crippen molar-refractivity contribution in [2.45, 2.75) is 43.7 Å². The largest absolute Gasteiger partial charge is 0.478 e. The van der Waals surface area contributed by atoms with Crippen LogP contribution in [0.2, 0.25) is 0 Å². The molecule has 1 saturated heterocycles. The molecule has 0 bridgehead atoms. The molecule has 1 aromatic rings. The van der Waals surface area contributed by atoms with Crippen molar-refractivity contribution in [1.82, 2.24) is 14.5 Å². The highest BCUT2D eigenvalue weighted by molar-refractivity contribution is 7.89. The standard InChI is InChI=1S/C11H17N3O4S/c1-2-8-5-3-4-6-14(8)19(17,18)10-9(11(15)16)7-12-13-10/h7-8H,2-6H2,1H3,(H,12,13)(H,15,16). The molecule has 1 aliphatic rings. The number of piperidine rings is 1. The number of aromatic amines is 1. The Hall–Kier alpha value is -1.41. The third kappa shape index (κ3) is 2.50. The summed E-state index contributed by atoms with van der Waals surface area (Å²) in [6, 6.07) is -0.0660. The summed E-state index contributed by atoms with van der Waals surface area (Å²) in [5, 5.41) is 14.5. The van der Waals surface area contributed by atoms with E-state index in [0.717, 1.165) is 31.9 Å². The van der Waals surface area contributed by atoms with Gasteiger partial charge in [-0.15, -0.1) is 0 Å². The fraction of sp³-hybridized carbons (Fsp3) is 0.636. The van der Waals surface area contributed by atoms with Crippen LogP contribution in [-0.2, 0) is 10.0 Å². The van der Waals surface area contributed by atoms with Gasteiger partial charge in [-0.1, -0.05) is 13.3 Å². The van der Waals surface area contributed by atoms with Crippen molar-refractivity contribution < 1.29 is 18.3 Å². The number of carboxylic acids is 1. The lowest BCUT2D eigenvalue weighted by molar-refractivity contribution is 0.0692. The zero-order valence-corrected chi connectivity index (χ0v) is 11.5.